The molecule has 2 aromatic carbocycles. The third-order valence-electron chi connectivity index (χ3n) is 3.37. The van der Waals surface area contributed by atoms with Crippen LogP contribution in [0.3, 0.4) is 0 Å². The molecule has 3 rings (SSSR count). The number of fused-ring (bicyclic) bond motifs is 1. The first kappa shape index (κ1) is 16.0. The van der Waals surface area contributed by atoms with Crippen LogP contribution in [0, 0.1) is 0 Å². The first-order valence-corrected chi connectivity index (χ1v) is 7.79. The largest absolute Gasteiger partial charge is 0.444 e. The molecule has 0 aliphatic heterocycles. The molecular formula is C18H20N4O2. The highest BCUT2D eigenvalue weighted by atomic mass is 16.6. The number of benzene rings is 2. The van der Waals surface area contributed by atoms with Gasteiger partial charge < -0.3 is 10.1 Å². The zero-order valence-corrected chi connectivity index (χ0v) is 14.0. The van der Waals surface area contributed by atoms with Gasteiger partial charge in [-0.05, 0) is 50.6 Å². The molecule has 1 aromatic heterocycles. The molecule has 0 spiro atoms. The summed E-state index contributed by atoms with van der Waals surface area (Å²) in [5, 5.41) is 11.1. The maximum atomic E-state index is 11.7. The SMILES string of the molecule is CC(C)(C)OC(=O)NCc1ccc(-n2nnc3ccccc32)cc1. The van der Waals surface area contributed by atoms with E-state index in [1.54, 1.807) is 4.68 Å². The lowest BCUT2D eigenvalue weighted by atomic mass is 10.2. The third kappa shape index (κ3) is 3.71. The third-order valence-corrected chi connectivity index (χ3v) is 3.37. The van der Waals surface area contributed by atoms with Gasteiger partial charge in [0.25, 0.3) is 0 Å². The molecule has 1 heterocycles. The van der Waals surface area contributed by atoms with Crippen LogP contribution in [0.15, 0.2) is 48.5 Å². The van der Waals surface area contributed by atoms with Gasteiger partial charge in [0.05, 0.1) is 11.2 Å². The van der Waals surface area contributed by atoms with E-state index in [9.17, 15) is 4.79 Å². The van der Waals surface area contributed by atoms with Crippen molar-refractivity contribution in [2.45, 2.75) is 32.9 Å². The molecule has 0 saturated heterocycles. The van der Waals surface area contributed by atoms with Gasteiger partial charge in [-0.15, -0.1) is 5.10 Å². The molecule has 0 radical (unpaired) electrons. The molecule has 0 atom stereocenters. The van der Waals surface area contributed by atoms with Crippen LogP contribution >= 0.6 is 0 Å². The van der Waals surface area contributed by atoms with Crippen LogP contribution in [0.4, 0.5) is 4.79 Å². The van der Waals surface area contributed by atoms with Crippen molar-refractivity contribution in [3.05, 3.63) is 54.1 Å². The monoisotopic (exact) mass is 324 g/mol. The Morgan fingerprint density at radius 3 is 2.54 bits per heavy atom. The fraction of sp³-hybridized carbons (Fsp3) is 0.278. The quantitative estimate of drug-likeness (QED) is 0.801. The normalized spacial score (nSPS) is 11.5. The van der Waals surface area contributed by atoms with Gasteiger partial charge in [-0.3, -0.25) is 0 Å². The van der Waals surface area contributed by atoms with Crippen LogP contribution in [-0.4, -0.2) is 26.7 Å². The van der Waals surface area contributed by atoms with E-state index in [0.29, 0.717) is 6.54 Å². The van der Waals surface area contributed by atoms with Crippen molar-refractivity contribution in [1.29, 1.82) is 0 Å². The Labute approximate surface area is 140 Å². The molecule has 1 amide bonds. The van der Waals surface area contributed by atoms with Crippen LogP contribution in [0.5, 0.6) is 0 Å². The predicted octanol–water partition coefficient (Wildman–Crippen LogP) is 3.45. The summed E-state index contributed by atoms with van der Waals surface area (Å²) in [4.78, 5) is 11.7. The van der Waals surface area contributed by atoms with Crippen molar-refractivity contribution >= 4 is 17.1 Å². The van der Waals surface area contributed by atoms with Gasteiger partial charge in [-0.25, -0.2) is 9.48 Å². The minimum Gasteiger partial charge on any atom is -0.444 e. The summed E-state index contributed by atoms with van der Waals surface area (Å²) in [5.41, 5.74) is 3.21. The van der Waals surface area contributed by atoms with Crippen LogP contribution in [-0.2, 0) is 11.3 Å². The maximum absolute atomic E-state index is 11.7. The number of nitrogens with one attached hydrogen (secondary N) is 1. The number of rotatable bonds is 3. The van der Waals surface area contributed by atoms with E-state index < -0.39 is 11.7 Å². The highest BCUT2D eigenvalue weighted by Crippen LogP contribution is 2.16. The van der Waals surface area contributed by atoms with Crippen LogP contribution in [0.2, 0.25) is 0 Å². The lowest BCUT2D eigenvalue weighted by Crippen LogP contribution is -2.32. The molecule has 0 bridgehead atoms. The second-order valence-corrected chi connectivity index (χ2v) is 6.51. The number of para-hydroxylation sites is 1. The van der Waals surface area contributed by atoms with Gasteiger partial charge in [0.1, 0.15) is 11.1 Å². The number of amides is 1. The molecule has 6 heteroatoms. The minimum absolute atomic E-state index is 0.410. The summed E-state index contributed by atoms with van der Waals surface area (Å²) in [5.74, 6) is 0. The van der Waals surface area contributed by atoms with Crippen LogP contribution in [0.25, 0.3) is 16.7 Å². The summed E-state index contributed by atoms with van der Waals surface area (Å²) in [6, 6.07) is 15.6. The Kier molecular flexibility index (Phi) is 4.20. The molecule has 1 N–H and O–H groups in total. The van der Waals surface area contributed by atoms with E-state index in [-0.39, 0.29) is 0 Å². The van der Waals surface area contributed by atoms with Crippen molar-refractivity contribution in [2.24, 2.45) is 0 Å². The van der Waals surface area contributed by atoms with Crippen LogP contribution in [0.1, 0.15) is 26.3 Å². The second kappa shape index (κ2) is 6.31. The molecule has 0 aliphatic rings. The van der Waals surface area contributed by atoms with E-state index in [0.717, 1.165) is 22.3 Å². The Bertz CT molecular complexity index is 847. The molecule has 0 fully saturated rings. The molecule has 0 saturated carbocycles. The van der Waals surface area contributed by atoms with Crippen molar-refractivity contribution in [3.8, 4) is 5.69 Å². The lowest BCUT2D eigenvalue weighted by Gasteiger charge is -2.19. The first-order chi connectivity index (χ1) is 11.4. The minimum atomic E-state index is -0.498. The number of ether oxygens (including phenoxy) is 1. The summed E-state index contributed by atoms with van der Waals surface area (Å²) in [7, 11) is 0. The average Bonchev–Trinajstić information content (AvgIpc) is 2.96. The van der Waals surface area contributed by atoms with Gasteiger partial charge in [0.2, 0.25) is 0 Å². The van der Waals surface area contributed by atoms with Crippen molar-refractivity contribution in [2.75, 3.05) is 0 Å². The summed E-state index contributed by atoms with van der Waals surface area (Å²) >= 11 is 0. The molecule has 0 aliphatic carbocycles. The molecule has 3 aromatic rings. The fourth-order valence-corrected chi connectivity index (χ4v) is 2.30. The molecule has 6 nitrogen and oxygen atoms in total. The van der Waals surface area contributed by atoms with Gasteiger partial charge in [0, 0.05) is 6.54 Å². The van der Waals surface area contributed by atoms with Gasteiger partial charge in [-0.2, -0.15) is 0 Å². The van der Waals surface area contributed by atoms with E-state index in [2.05, 4.69) is 15.6 Å². The van der Waals surface area contributed by atoms with E-state index in [1.807, 2.05) is 69.3 Å². The van der Waals surface area contributed by atoms with Gasteiger partial charge in [0.15, 0.2) is 0 Å². The molecular weight excluding hydrogens is 304 g/mol. The summed E-state index contributed by atoms with van der Waals surface area (Å²) in [6.07, 6.45) is -0.422. The fourth-order valence-electron chi connectivity index (χ4n) is 2.30. The Hall–Kier alpha value is -2.89. The average molecular weight is 324 g/mol. The summed E-state index contributed by atoms with van der Waals surface area (Å²) in [6.45, 7) is 5.92. The Morgan fingerprint density at radius 2 is 1.83 bits per heavy atom. The number of nitrogens with zero attached hydrogens (tertiary/aromatic N) is 3. The zero-order valence-electron chi connectivity index (χ0n) is 14.0. The number of hydrogen-bond acceptors (Lipinski definition) is 4. The predicted molar refractivity (Wildman–Crippen MR) is 91.9 cm³/mol. The molecule has 24 heavy (non-hydrogen) atoms. The van der Waals surface area contributed by atoms with Crippen LogP contribution < -0.4 is 5.32 Å². The highest BCUT2D eigenvalue weighted by molar-refractivity contribution is 5.75. The maximum Gasteiger partial charge on any atom is 0.407 e. The van der Waals surface area contributed by atoms with E-state index in [4.69, 9.17) is 4.74 Å². The first-order valence-electron chi connectivity index (χ1n) is 7.79. The Morgan fingerprint density at radius 1 is 1.12 bits per heavy atom. The number of hydrogen-bond donors (Lipinski definition) is 1. The number of alkyl carbamates (subject to hydrolysis) is 1. The molecule has 124 valence electrons. The van der Waals surface area contributed by atoms with E-state index >= 15 is 0 Å². The van der Waals surface area contributed by atoms with E-state index in [1.165, 1.54) is 0 Å². The topological polar surface area (TPSA) is 69.0 Å². The van der Waals surface area contributed by atoms with Crippen molar-refractivity contribution in [1.82, 2.24) is 20.3 Å². The van der Waals surface area contributed by atoms with Crippen molar-refractivity contribution < 1.29 is 9.53 Å². The number of aromatic nitrogens is 3. The second-order valence-electron chi connectivity index (χ2n) is 6.51. The van der Waals surface area contributed by atoms with Gasteiger partial charge in [-0.1, -0.05) is 29.5 Å². The van der Waals surface area contributed by atoms with Gasteiger partial charge >= 0.3 is 6.09 Å². The lowest BCUT2D eigenvalue weighted by molar-refractivity contribution is 0.0523. The number of carbonyl (C=O) groups excluding carboxylic acids is 1. The highest BCUT2D eigenvalue weighted by Gasteiger charge is 2.15. The smallest absolute Gasteiger partial charge is 0.407 e. The van der Waals surface area contributed by atoms with Crippen molar-refractivity contribution in [3.63, 3.8) is 0 Å². The number of carbonyl (C=O) groups is 1. The Balaban J connectivity index is 1.69. The summed E-state index contributed by atoms with van der Waals surface area (Å²) < 4.78 is 7.01. The zero-order chi connectivity index (χ0) is 17.2. The molecule has 0 unspecified atom stereocenters. The standard InChI is InChI=1S/C18H20N4O2/c1-18(2,3)24-17(23)19-12-13-8-10-14(11-9-13)22-16-7-5-4-6-15(16)20-21-22/h4-11H,12H2,1-3H3,(H,19,23).